The topological polar surface area (TPSA) is 70.6 Å². The van der Waals surface area contributed by atoms with Crippen molar-refractivity contribution in [2.45, 2.75) is 6.92 Å². The molecule has 0 aliphatic rings. The van der Waals surface area contributed by atoms with Crippen LogP contribution in [-0.4, -0.2) is 17.9 Å². The van der Waals surface area contributed by atoms with Gasteiger partial charge in [-0.05, 0) is 43.3 Å². The van der Waals surface area contributed by atoms with Crippen molar-refractivity contribution in [1.82, 2.24) is 5.32 Å². The van der Waals surface area contributed by atoms with Gasteiger partial charge < -0.3 is 20.5 Å². The summed E-state index contributed by atoms with van der Waals surface area (Å²) >= 11 is 0. The average molecular weight is 272 g/mol. The summed E-state index contributed by atoms with van der Waals surface area (Å²) < 4.78 is 5.38. The van der Waals surface area contributed by atoms with Crippen molar-refractivity contribution < 1.29 is 14.6 Å². The van der Waals surface area contributed by atoms with E-state index < -0.39 is 0 Å². The number of hydrogen-bond donors (Lipinski definition) is 3. The number of anilines is 1. The van der Waals surface area contributed by atoms with E-state index in [1.165, 1.54) is 12.1 Å². The third-order valence-electron chi connectivity index (χ3n) is 2.62. The zero-order valence-electron chi connectivity index (χ0n) is 11.1. The van der Waals surface area contributed by atoms with Gasteiger partial charge in [-0.2, -0.15) is 0 Å². The maximum absolute atomic E-state index is 11.6. The highest BCUT2D eigenvalue weighted by molar-refractivity contribution is 5.89. The molecule has 0 saturated carbocycles. The van der Waals surface area contributed by atoms with Crippen LogP contribution < -0.4 is 15.4 Å². The van der Waals surface area contributed by atoms with Crippen LogP contribution in [0.1, 0.15) is 5.56 Å². The summed E-state index contributed by atoms with van der Waals surface area (Å²) in [6.07, 6.45) is 0. The lowest BCUT2D eigenvalue weighted by Crippen LogP contribution is -2.31. The quantitative estimate of drug-likeness (QED) is 0.592. The number of nitrogens with one attached hydrogen (secondary N) is 2. The van der Waals surface area contributed by atoms with Crippen LogP contribution in [0.5, 0.6) is 11.5 Å². The Hall–Kier alpha value is -2.69. The Balaban J connectivity index is 1.75. The summed E-state index contributed by atoms with van der Waals surface area (Å²) in [7, 11) is 0. The largest absolute Gasteiger partial charge is 0.508 e. The molecule has 0 fully saturated rings. The lowest BCUT2D eigenvalue weighted by atomic mass is 10.2. The van der Waals surface area contributed by atoms with Crippen LogP contribution in [0, 0.1) is 6.92 Å². The van der Waals surface area contributed by atoms with Gasteiger partial charge in [-0.1, -0.05) is 17.7 Å². The summed E-state index contributed by atoms with van der Waals surface area (Å²) in [6, 6.07) is 13.4. The molecular formula is C15H16N2O3. The Kier molecular flexibility index (Phi) is 4.44. The van der Waals surface area contributed by atoms with Gasteiger partial charge in [0.15, 0.2) is 6.73 Å². The molecular weight excluding hydrogens is 256 g/mol. The first kappa shape index (κ1) is 13.7. The zero-order chi connectivity index (χ0) is 14.4. The summed E-state index contributed by atoms with van der Waals surface area (Å²) in [6.45, 7) is 2.07. The molecule has 0 bridgehead atoms. The van der Waals surface area contributed by atoms with E-state index in [-0.39, 0.29) is 18.5 Å². The standard InChI is InChI=1S/C15H16N2O3/c1-11-2-8-14(9-3-11)20-10-16-15(19)17-12-4-6-13(18)7-5-12/h2-9,18H,10H2,1H3,(H2,16,17,19). The molecule has 0 spiro atoms. The number of aromatic hydroxyl groups is 1. The minimum Gasteiger partial charge on any atom is -0.508 e. The molecule has 3 N–H and O–H groups in total. The number of benzene rings is 2. The van der Waals surface area contributed by atoms with Gasteiger partial charge in [-0.25, -0.2) is 4.79 Å². The minimum absolute atomic E-state index is 0.0764. The van der Waals surface area contributed by atoms with Crippen LogP contribution in [0.4, 0.5) is 10.5 Å². The summed E-state index contributed by atoms with van der Waals surface area (Å²) in [4.78, 5) is 11.6. The van der Waals surface area contributed by atoms with E-state index in [4.69, 9.17) is 9.84 Å². The number of aryl methyl sites for hydroxylation is 1. The molecule has 0 aliphatic carbocycles. The molecule has 2 aromatic carbocycles. The highest BCUT2D eigenvalue weighted by Gasteiger charge is 2.01. The Labute approximate surface area is 117 Å². The number of amides is 2. The zero-order valence-corrected chi connectivity index (χ0v) is 11.1. The van der Waals surface area contributed by atoms with E-state index in [0.29, 0.717) is 11.4 Å². The fourth-order valence-corrected chi connectivity index (χ4v) is 1.54. The second kappa shape index (κ2) is 6.47. The molecule has 2 aromatic rings. The van der Waals surface area contributed by atoms with Crippen LogP contribution in [0.15, 0.2) is 48.5 Å². The van der Waals surface area contributed by atoms with Gasteiger partial charge in [0.05, 0.1) is 0 Å². The van der Waals surface area contributed by atoms with Crippen molar-refractivity contribution in [2.24, 2.45) is 0 Å². The third kappa shape index (κ3) is 4.20. The maximum Gasteiger partial charge on any atom is 0.321 e. The van der Waals surface area contributed by atoms with Crippen LogP contribution >= 0.6 is 0 Å². The number of phenolic OH excluding ortho intramolecular Hbond substituents is 1. The molecule has 2 rings (SSSR count). The number of carbonyl (C=O) groups is 1. The molecule has 0 heterocycles. The molecule has 0 aliphatic heterocycles. The molecule has 0 unspecified atom stereocenters. The highest BCUT2D eigenvalue weighted by atomic mass is 16.5. The molecule has 5 nitrogen and oxygen atoms in total. The predicted molar refractivity (Wildman–Crippen MR) is 76.9 cm³/mol. The molecule has 20 heavy (non-hydrogen) atoms. The highest BCUT2D eigenvalue weighted by Crippen LogP contribution is 2.13. The molecule has 0 atom stereocenters. The number of ether oxygens (including phenoxy) is 1. The fourth-order valence-electron chi connectivity index (χ4n) is 1.54. The average Bonchev–Trinajstić information content (AvgIpc) is 2.44. The first-order chi connectivity index (χ1) is 9.63. The first-order valence-corrected chi connectivity index (χ1v) is 6.17. The molecule has 0 aromatic heterocycles. The van der Waals surface area contributed by atoms with Gasteiger partial charge in [-0.3, -0.25) is 0 Å². The van der Waals surface area contributed by atoms with Gasteiger partial charge >= 0.3 is 6.03 Å². The van der Waals surface area contributed by atoms with Crippen LogP contribution in [0.3, 0.4) is 0 Å². The van der Waals surface area contributed by atoms with Crippen molar-refractivity contribution in [2.75, 3.05) is 12.0 Å². The van der Waals surface area contributed by atoms with Gasteiger partial charge in [0, 0.05) is 5.69 Å². The lowest BCUT2D eigenvalue weighted by molar-refractivity contribution is 0.234. The Morgan fingerprint density at radius 3 is 2.40 bits per heavy atom. The molecule has 2 amide bonds. The first-order valence-electron chi connectivity index (χ1n) is 6.17. The number of urea groups is 1. The minimum atomic E-state index is -0.372. The number of hydrogen-bond acceptors (Lipinski definition) is 3. The SMILES string of the molecule is Cc1ccc(OCNC(=O)Nc2ccc(O)cc2)cc1. The molecule has 5 heteroatoms. The number of carbonyl (C=O) groups excluding carboxylic acids is 1. The van der Waals surface area contributed by atoms with Crippen molar-refractivity contribution in [3.8, 4) is 11.5 Å². The number of rotatable bonds is 4. The summed E-state index contributed by atoms with van der Waals surface area (Å²) in [5, 5.41) is 14.3. The van der Waals surface area contributed by atoms with Gasteiger partial charge in [0.2, 0.25) is 0 Å². The van der Waals surface area contributed by atoms with E-state index in [9.17, 15) is 4.79 Å². The second-order valence-electron chi connectivity index (χ2n) is 4.28. The summed E-state index contributed by atoms with van der Waals surface area (Å²) in [5.41, 5.74) is 1.74. The Morgan fingerprint density at radius 1 is 1.10 bits per heavy atom. The van der Waals surface area contributed by atoms with Crippen molar-refractivity contribution >= 4 is 11.7 Å². The van der Waals surface area contributed by atoms with Crippen molar-refractivity contribution in [3.05, 3.63) is 54.1 Å². The van der Waals surface area contributed by atoms with E-state index in [0.717, 1.165) is 5.56 Å². The van der Waals surface area contributed by atoms with E-state index in [2.05, 4.69) is 10.6 Å². The van der Waals surface area contributed by atoms with Gasteiger partial charge in [-0.15, -0.1) is 0 Å². The van der Waals surface area contributed by atoms with Crippen molar-refractivity contribution in [1.29, 1.82) is 0 Å². The lowest BCUT2D eigenvalue weighted by Gasteiger charge is -2.09. The maximum atomic E-state index is 11.6. The molecule has 104 valence electrons. The smallest absolute Gasteiger partial charge is 0.321 e. The second-order valence-corrected chi connectivity index (χ2v) is 4.28. The van der Waals surface area contributed by atoms with Crippen LogP contribution in [-0.2, 0) is 0 Å². The van der Waals surface area contributed by atoms with Crippen molar-refractivity contribution in [3.63, 3.8) is 0 Å². The van der Waals surface area contributed by atoms with Gasteiger partial charge in [0.25, 0.3) is 0 Å². The van der Waals surface area contributed by atoms with Gasteiger partial charge in [0.1, 0.15) is 11.5 Å². The predicted octanol–water partition coefficient (Wildman–Crippen LogP) is 2.86. The Bertz CT molecular complexity index is 565. The fraction of sp³-hybridized carbons (Fsp3) is 0.133. The molecule has 0 radical (unpaired) electrons. The molecule has 0 saturated heterocycles. The Morgan fingerprint density at radius 2 is 1.75 bits per heavy atom. The normalized spacial score (nSPS) is 9.85. The van der Waals surface area contributed by atoms with Crippen LogP contribution in [0.25, 0.3) is 0 Å². The summed E-state index contributed by atoms with van der Waals surface area (Å²) in [5.74, 6) is 0.846. The monoisotopic (exact) mass is 272 g/mol. The third-order valence-corrected chi connectivity index (χ3v) is 2.62. The van der Waals surface area contributed by atoms with Crippen LogP contribution in [0.2, 0.25) is 0 Å². The van der Waals surface area contributed by atoms with E-state index in [1.54, 1.807) is 12.1 Å². The number of phenols is 1. The van der Waals surface area contributed by atoms with E-state index >= 15 is 0 Å². The van der Waals surface area contributed by atoms with E-state index in [1.807, 2.05) is 31.2 Å².